The van der Waals surface area contributed by atoms with Crippen molar-refractivity contribution in [2.45, 2.75) is 44.6 Å². The molecule has 1 aliphatic carbocycles. The van der Waals surface area contributed by atoms with E-state index in [0.717, 1.165) is 38.9 Å². The monoisotopic (exact) mass is 252 g/mol. The van der Waals surface area contributed by atoms with Gasteiger partial charge in [0.2, 0.25) is 5.91 Å². The molecule has 4 nitrogen and oxygen atoms in total. The normalized spacial score (nSPS) is 20.8. The molecule has 1 fully saturated rings. The molecule has 0 saturated carbocycles. The van der Waals surface area contributed by atoms with E-state index in [1.807, 2.05) is 0 Å². The Hall–Kier alpha value is -0.870. The molecule has 0 aromatic heterocycles. The van der Waals surface area contributed by atoms with Crippen LogP contribution < -0.4 is 10.6 Å². The quantitative estimate of drug-likeness (QED) is 0.702. The lowest BCUT2D eigenvalue weighted by Gasteiger charge is -2.22. The SMILES string of the molecule is O=C(COC1CCNCC1)NCCC1=CCCC1. The zero-order valence-corrected chi connectivity index (χ0v) is 11.0. The molecular formula is C14H24N2O2. The molecule has 0 unspecified atom stereocenters. The Morgan fingerprint density at radius 3 is 3.00 bits per heavy atom. The van der Waals surface area contributed by atoms with Gasteiger partial charge in [0.25, 0.3) is 0 Å². The molecule has 0 radical (unpaired) electrons. The lowest BCUT2D eigenvalue weighted by molar-refractivity contribution is -0.128. The molecule has 102 valence electrons. The summed E-state index contributed by atoms with van der Waals surface area (Å²) >= 11 is 0. The van der Waals surface area contributed by atoms with Crippen LogP contribution in [0.5, 0.6) is 0 Å². The van der Waals surface area contributed by atoms with Crippen LogP contribution in [0.25, 0.3) is 0 Å². The van der Waals surface area contributed by atoms with Crippen LogP contribution in [0.2, 0.25) is 0 Å². The highest BCUT2D eigenvalue weighted by molar-refractivity contribution is 5.77. The van der Waals surface area contributed by atoms with Gasteiger partial charge in [-0.2, -0.15) is 0 Å². The number of carbonyl (C=O) groups is 1. The topological polar surface area (TPSA) is 50.4 Å². The van der Waals surface area contributed by atoms with Gasteiger partial charge in [-0.25, -0.2) is 0 Å². The number of nitrogens with one attached hydrogen (secondary N) is 2. The summed E-state index contributed by atoms with van der Waals surface area (Å²) in [6.45, 7) is 2.96. The molecule has 2 aliphatic rings. The number of carbonyl (C=O) groups excluding carboxylic acids is 1. The Morgan fingerprint density at radius 2 is 2.28 bits per heavy atom. The summed E-state index contributed by atoms with van der Waals surface area (Å²) in [6.07, 6.45) is 9.29. The van der Waals surface area contributed by atoms with Crippen molar-refractivity contribution in [1.82, 2.24) is 10.6 Å². The van der Waals surface area contributed by atoms with Crippen molar-refractivity contribution in [1.29, 1.82) is 0 Å². The number of amides is 1. The minimum absolute atomic E-state index is 0.0205. The highest BCUT2D eigenvalue weighted by Crippen LogP contribution is 2.19. The number of hydrogen-bond acceptors (Lipinski definition) is 3. The van der Waals surface area contributed by atoms with Crippen LogP contribution in [0.15, 0.2) is 11.6 Å². The average Bonchev–Trinajstić information content (AvgIpc) is 2.91. The molecule has 1 amide bonds. The van der Waals surface area contributed by atoms with E-state index in [2.05, 4.69) is 16.7 Å². The van der Waals surface area contributed by atoms with E-state index in [1.165, 1.54) is 24.8 Å². The van der Waals surface area contributed by atoms with Crippen molar-refractivity contribution >= 4 is 5.91 Å². The third kappa shape index (κ3) is 4.78. The van der Waals surface area contributed by atoms with E-state index >= 15 is 0 Å². The van der Waals surface area contributed by atoms with Crippen LogP contribution in [0, 0.1) is 0 Å². The minimum atomic E-state index is 0.0205. The summed E-state index contributed by atoms with van der Waals surface area (Å²) in [5, 5.41) is 6.21. The van der Waals surface area contributed by atoms with Crippen LogP contribution in [-0.2, 0) is 9.53 Å². The molecule has 1 saturated heterocycles. The number of rotatable bonds is 6. The Kier molecular flexibility index (Phi) is 5.68. The van der Waals surface area contributed by atoms with Gasteiger partial charge in [-0.3, -0.25) is 4.79 Å². The number of hydrogen-bond donors (Lipinski definition) is 2. The van der Waals surface area contributed by atoms with Crippen molar-refractivity contribution in [3.63, 3.8) is 0 Å². The van der Waals surface area contributed by atoms with E-state index in [1.54, 1.807) is 0 Å². The van der Waals surface area contributed by atoms with Gasteiger partial charge < -0.3 is 15.4 Å². The van der Waals surface area contributed by atoms with Crippen molar-refractivity contribution in [3.8, 4) is 0 Å². The zero-order chi connectivity index (χ0) is 12.6. The summed E-state index contributed by atoms with van der Waals surface area (Å²) in [5.74, 6) is 0.0205. The van der Waals surface area contributed by atoms with Crippen molar-refractivity contribution in [3.05, 3.63) is 11.6 Å². The van der Waals surface area contributed by atoms with Crippen LogP contribution in [0.3, 0.4) is 0 Å². The Balaban J connectivity index is 1.51. The Morgan fingerprint density at radius 1 is 1.44 bits per heavy atom. The minimum Gasteiger partial charge on any atom is -0.368 e. The van der Waals surface area contributed by atoms with Gasteiger partial charge in [0, 0.05) is 6.54 Å². The fourth-order valence-electron chi connectivity index (χ4n) is 2.53. The lowest BCUT2D eigenvalue weighted by atomic mass is 10.1. The molecule has 2 rings (SSSR count). The van der Waals surface area contributed by atoms with Gasteiger partial charge in [0.05, 0.1) is 6.10 Å². The Bertz CT molecular complexity index is 296. The molecule has 1 heterocycles. The third-order valence-electron chi connectivity index (χ3n) is 3.64. The second kappa shape index (κ2) is 7.54. The Labute approximate surface area is 109 Å². The van der Waals surface area contributed by atoms with Crippen molar-refractivity contribution in [2.75, 3.05) is 26.2 Å². The molecular weight excluding hydrogens is 228 g/mol. The first-order chi connectivity index (χ1) is 8.84. The summed E-state index contributed by atoms with van der Waals surface area (Å²) < 4.78 is 5.60. The molecule has 0 spiro atoms. The number of allylic oxidation sites excluding steroid dienone is 1. The van der Waals surface area contributed by atoms with Gasteiger partial charge in [-0.15, -0.1) is 0 Å². The first kappa shape index (κ1) is 13.6. The summed E-state index contributed by atoms with van der Waals surface area (Å²) in [5.41, 5.74) is 1.49. The van der Waals surface area contributed by atoms with Crippen LogP contribution in [-0.4, -0.2) is 38.3 Å². The smallest absolute Gasteiger partial charge is 0.246 e. The molecule has 4 heteroatoms. The first-order valence-corrected chi connectivity index (χ1v) is 7.11. The van der Waals surface area contributed by atoms with Gasteiger partial charge >= 0.3 is 0 Å². The predicted octanol–water partition coefficient (Wildman–Crippen LogP) is 1.37. The summed E-state index contributed by atoms with van der Waals surface area (Å²) in [4.78, 5) is 11.6. The molecule has 0 aromatic carbocycles. The number of ether oxygens (including phenoxy) is 1. The number of piperidine rings is 1. The largest absolute Gasteiger partial charge is 0.368 e. The van der Waals surface area contributed by atoms with E-state index < -0.39 is 0 Å². The second-order valence-electron chi connectivity index (χ2n) is 5.11. The molecule has 0 bridgehead atoms. The molecule has 2 N–H and O–H groups in total. The molecule has 18 heavy (non-hydrogen) atoms. The molecule has 0 atom stereocenters. The second-order valence-corrected chi connectivity index (χ2v) is 5.11. The maximum atomic E-state index is 11.6. The summed E-state index contributed by atoms with van der Waals surface area (Å²) in [6, 6.07) is 0. The van der Waals surface area contributed by atoms with E-state index in [-0.39, 0.29) is 18.6 Å². The van der Waals surface area contributed by atoms with Crippen molar-refractivity contribution in [2.24, 2.45) is 0 Å². The van der Waals surface area contributed by atoms with E-state index in [9.17, 15) is 4.79 Å². The van der Waals surface area contributed by atoms with Gasteiger partial charge in [-0.1, -0.05) is 11.6 Å². The average molecular weight is 252 g/mol. The standard InChI is InChI=1S/C14H24N2O2/c17-14(11-18-13-6-8-15-9-7-13)16-10-5-12-3-1-2-4-12/h3,13,15H,1-2,4-11H2,(H,16,17). The van der Waals surface area contributed by atoms with Gasteiger partial charge in [-0.05, 0) is 51.6 Å². The molecule has 0 aromatic rings. The van der Waals surface area contributed by atoms with Crippen LogP contribution in [0.4, 0.5) is 0 Å². The summed E-state index contributed by atoms with van der Waals surface area (Å²) in [7, 11) is 0. The van der Waals surface area contributed by atoms with Gasteiger partial charge in [0.15, 0.2) is 0 Å². The first-order valence-electron chi connectivity index (χ1n) is 7.11. The lowest BCUT2D eigenvalue weighted by Crippen LogP contribution is -2.36. The van der Waals surface area contributed by atoms with E-state index in [0.29, 0.717) is 0 Å². The maximum absolute atomic E-state index is 11.6. The molecule has 1 aliphatic heterocycles. The van der Waals surface area contributed by atoms with Crippen LogP contribution >= 0.6 is 0 Å². The highest BCUT2D eigenvalue weighted by Gasteiger charge is 2.14. The fourth-order valence-corrected chi connectivity index (χ4v) is 2.53. The zero-order valence-electron chi connectivity index (χ0n) is 11.0. The van der Waals surface area contributed by atoms with Crippen molar-refractivity contribution < 1.29 is 9.53 Å². The van der Waals surface area contributed by atoms with Crippen LogP contribution in [0.1, 0.15) is 38.5 Å². The predicted molar refractivity (Wildman–Crippen MR) is 71.4 cm³/mol. The third-order valence-corrected chi connectivity index (χ3v) is 3.64. The fraction of sp³-hybridized carbons (Fsp3) is 0.786. The van der Waals surface area contributed by atoms with E-state index in [4.69, 9.17) is 4.74 Å². The highest BCUT2D eigenvalue weighted by atomic mass is 16.5. The van der Waals surface area contributed by atoms with Gasteiger partial charge in [0.1, 0.15) is 6.61 Å². The maximum Gasteiger partial charge on any atom is 0.246 e.